The largest absolute Gasteiger partial charge is 0.489 e. The van der Waals surface area contributed by atoms with Gasteiger partial charge in [-0.2, -0.15) is 5.26 Å². The first-order chi connectivity index (χ1) is 17.8. The van der Waals surface area contributed by atoms with Crippen molar-refractivity contribution >= 4 is 27.7 Å². The van der Waals surface area contributed by atoms with E-state index in [0.29, 0.717) is 27.9 Å². The molecule has 0 aliphatic rings. The van der Waals surface area contributed by atoms with Crippen molar-refractivity contribution in [2.24, 2.45) is 0 Å². The molecule has 1 aromatic heterocycles. The van der Waals surface area contributed by atoms with Gasteiger partial charge in [-0.3, -0.25) is 14.7 Å². The molecule has 0 fully saturated rings. The minimum absolute atomic E-state index is 0.159. The van der Waals surface area contributed by atoms with E-state index in [4.69, 9.17) is 4.74 Å². The van der Waals surface area contributed by atoms with E-state index >= 15 is 0 Å². The molecule has 1 heterocycles. The fourth-order valence-corrected chi connectivity index (χ4v) is 5.43. The van der Waals surface area contributed by atoms with Crippen LogP contribution in [0, 0.1) is 42.2 Å². The summed E-state index contributed by atoms with van der Waals surface area (Å²) in [6, 6.07) is 20.9. The molecule has 37 heavy (non-hydrogen) atoms. The van der Waals surface area contributed by atoms with Crippen LogP contribution in [0.3, 0.4) is 0 Å². The first-order valence-electron chi connectivity index (χ1n) is 11.4. The SMILES string of the molecule is Cc1ccc(-n2c(C)nnc2S[C@H](C[N+](=O)[O-])c2cc(Br)ccc2OCc2ccccc2C#N)cc1C. The molecule has 1 atom stereocenters. The summed E-state index contributed by atoms with van der Waals surface area (Å²) in [4.78, 5) is 11.4. The van der Waals surface area contributed by atoms with Gasteiger partial charge < -0.3 is 4.74 Å². The lowest BCUT2D eigenvalue weighted by Crippen LogP contribution is -2.13. The fourth-order valence-electron chi connectivity index (χ4n) is 3.86. The van der Waals surface area contributed by atoms with E-state index in [1.54, 1.807) is 18.2 Å². The third-order valence-corrected chi connectivity index (χ3v) is 7.60. The quantitative estimate of drug-likeness (QED) is 0.127. The molecule has 8 nitrogen and oxygen atoms in total. The summed E-state index contributed by atoms with van der Waals surface area (Å²) in [7, 11) is 0. The predicted molar refractivity (Wildman–Crippen MR) is 146 cm³/mol. The number of ether oxygens (including phenoxy) is 1. The minimum atomic E-state index is -0.609. The summed E-state index contributed by atoms with van der Waals surface area (Å²) in [6.45, 7) is 5.76. The first kappa shape index (κ1) is 26.4. The van der Waals surface area contributed by atoms with Gasteiger partial charge in [0.2, 0.25) is 6.54 Å². The van der Waals surface area contributed by atoms with Crippen LogP contribution in [0.2, 0.25) is 0 Å². The molecule has 0 saturated heterocycles. The van der Waals surface area contributed by atoms with Gasteiger partial charge >= 0.3 is 0 Å². The van der Waals surface area contributed by atoms with Crippen molar-refractivity contribution in [2.75, 3.05) is 6.54 Å². The smallest absolute Gasteiger partial charge is 0.220 e. The highest BCUT2D eigenvalue weighted by atomic mass is 79.9. The predicted octanol–water partition coefficient (Wildman–Crippen LogP) is 6.52. The van der Waals surface area contributed by atoms with Gasteiger partial charge in [-0.1, -0.05) is 52.0 Å². The van der Waals surface area contributed by atoms with E-state index in [9.17, 15) is 15.4 Å². The lowest BCUT2D eigenvalue weighted by Gasteiger charge is -2.19. The Labute approximate surface area is 227 Å². The molecule has 4 aromatic rings. The van der Waals surface area contributed by atoms with Crippen LogP contribution in [0.4, 0.5) is 0 Å². The number of benzene rings is 3. The number of thioether (sulfide) groups is 1. The molecule has 0 spiro atoms. The van der Waals surface area contributed by atoms with E-state index in [1.165, 1.54) is 17.3 Å². The Morgan fingerprint density at radius 1 is 1.11 bits per heavy atom. The number of hydrogen-bond donors (Lipinski definition) is 0. The lowest BCUT2D eigenvalue weighted by molar-refractivity contribution is -0.479. The number of aromatic nitrogens is 3. The molecule has 0 N–H and O–H groups in total. The molecule has 0 bridgehead atoms. The summed E-state index contributed by atoms with van der Waals surface area (Å²) in [5.41, 5.74) is 5.11. The van der Waals surface area contributed by atoms with Crippen molar-refractivity contribution in [3.8, 4) is 17.5 Å². The van der Waals surface area contributed by atoms with Crippen LogP contribution < -0.4 is 4.74 Å². The van der Waals surface area contributed by atoms with Crippen molar-refractivity contribution in [1.29, 1.82) is 5.26 Å². The zero-order chi connectivity index (χ0) is 26.5. The van der Waals surface area contributed by atoms with E-state index in [-0.39, 0.29) is 18.1 Å². The maximum absolute atomic E-state index is 11.7. The zero-order valence-corrected chi connectivity index (χ0v) is 22.9. The van der Waals surface area contributed by atoms with Gasteiger partial charge in [0.05, 0.1) is 11.6 Å². The van der Waals surface area contributed by atoms with E-state index < -0.39 is 5.25 Å². The molecule has 0 saturated carbocycles. The van der Waals surface area contributed by atoms with E-state index in [0.717, 1.165) is 21.3 Å². The van der Waals surface area contributed by atoms with Crippen molar-refractivity contribution in [1.82, 2.24) is 14.8 Å². The monoisotopic (exact) mass is 577 g/mol. The van der Waals surface area contributed by atoms with Crippen LogP contribution in [0.1, 0.15) is 38.9 Å². The Kier molecular flexibility index (Phi) is 8.26. The van der Waals surface area contributed by atoms with Gasteiger partial charge in [-0.15, -0.1) is 10.2 Å². The fraction of sp³-hybridized carbons (Fsp3) is 0.222. The van der Waals surface area contributed by atoms with Gasteiger partial charge in [0.1, 0.15) is 23.4 Å². The van der Waals surface area contributed by atoms with Crippen molar-refractivity contribution in [3.63, 3.8) is 0 Å². The normalized spacial score (nSPS) is 11.6. The van der Waals surface area contributed by atoms with Crippen LogP contribution in [-0.2, 0) is 6.61 Å². The average Bonchev–Trinajstić information content (AvgIpc) is 3.24. The highest BCUT2D eigenvalue weighted by Crippen LogP contribution is 2.41. The molecule has 0 aliphatic carbocycles. The van der Waals surface area contributed by atoms with E-state index in [2.05, 4.69) is 38.3 Å². The number of nitriles is 1. The van der Waals surface area contributed by atoms with Crippen LogP contribution in [0.15, 0.2) is 70.3 Å². The molecule has 0 aliphatic heterocycles. The summed E-state index contributed by atoms with van der Waals surface area (Å²) >= 11 is 4.76. The second-order valence-corrected chi connectivity index (χ2v) is 10.6. The topological polar surface area (TPSA) is 107 Å². The average molecular weight is 578 g/mol. The molecule has 188 valence electrons. The van der Waals surface area contributed by atoms with Crippen LogP contribution in [-0.4, -0.2) is 26.2 Å². The van der Waals surface area contributed by atoms with Crippen molar-refractivity contribution in [3.05, 3.63) is 109 Å². The molecular formula is C27H24BrN5O3S. The molecular weight excluding hydrogens is 554 g/mol. The number of hydrogen-bond acceptors (Lipinski definition) is 7. The van der Waals surface area contributed by atoms with Crippen LogP contribution in [0.5, 0.6) is 5.75 Å². The van der Waals surface area contributed by atoms with E-state index in [1.807, 2.05) is 61.7 Å². The molecule has 0 unspecified atom stereocenters. The van der Waals surface area contributed by atoms with Crippen LogP contribution in [0.25, 0.3) is 5.69 Å². The molecule has 10 heteroatoms. The van der Waals surface area contributed by atoms with Crippen molar-refractivity contribution in [2.45, 2.75) is 37.8 Å². The summed E-state index contributed by atoms with van der Waals surface area (Å²) < 4.78 is 8.80. The highest BCUT2D eigenvalue weighted by molar-refractivity contribution is 9.10. The Morgan fingerprint density at radius 2 is 1.89 bits per heavy atom. The number of rotatable bonds is 9. The third-order valence-electron chi connectivity index (χ3n) is 5.95. The number of aryl methyl sites for hydroxylation is 3. The summed E-state index contributed by atoms with van der Waals surface area (Å²) in [5.74, 6) is 1.19. The minimum Gasteiger partial charge on any atom is -0.489 e. The first-order valence-corrected chi connectivity index (χ1v) is 13.1. The van der Waals surface area contributed by atoms with Gasteiger partial charge in [-0.25, -0.2) is 0 Å². The Balaban J connectivity index is 1.70. The number of halogens is 1. The summed E-state index contributed by atoms with van der Waals surface area (Å²) in [5, 5.41) is 29.7. The third kappa shape index (κ3) is 6.18. The van der Waals surface area contributed by atoms with Gasteiger partial charge in [0.15, 0.2) is 5.16 Å². The highest BCUT2D eigenvalue weighted by Gasteiger charge is 2.27. The van der Waals surface area contributed by atoms with Crippen LogP contribution >= 0.6 is 27.7 Å². The summed E-state index contributed by atoms with van der Waals surface area (Å²) in [6.07, 6.45) is 0. The molecule has 4 rings (SSSR count). The molecule has 0 amide bonds. The zero-order valence-electron chi connectivity index (χ0n) is 20.5. The Bertz CT molecular complexity index is 1500. The second kappa shape index (κ2) is 11.6. The van der Waals surface area contributed by atoms with Crippen molar-refractivity contribution < 1.29 is 9.66 Å². The van der Waals surface area contributed by atoms with Gasteiger partial charge in [0.25, 0.3) is 0 Å². The Hall–Kier alpha value is -3.68. The maximum atomic E-state index is 11.7. The van der Waals surface area contributed by atoms with Gasteiger partial charge in [0, 0.05) is 26.2 Å². The Morgan fingerprint density at radius 3 is 2.62 bits per heavy atom. The number of nitrogens with zero attached hydrogens (tertiary/aromatic N) is 5. The lowest BCUT2D eigenvalue weighted by atomic mass is 10.1. The standard InChI is InChI=1S/C27H24BrN5O3S/c1-17-8-10-23(12-18(17)2)33-19(3)30-31-27(33)37-26(15-32(34)35)24-13-22(28)9-11-25(24)36-16-21-7-5-4-6-20(21)14-29/h4-13,26H,15-16H2,1-3H3/t26-/m1/s1. The van der Waals surface area contributed by atoms with Gasteiger partial charge in [-0.05, 0) is 68.3 Å². The number of nitro groups is 1. The maximum Gasteiger partial charge on any atom is 0.220 e. The molecule has 0 radical (unpaired) electrons. The molecule has 3 aromatic carbocycles. The second-order valence-electron chi connectivity index (χ2n) is 8.50.